The highest BCUT2D eigenvalue weighted by Gasteiger charge is 2.28. The molecule has 0 aliphatic carbocycles. The topological polar surface area (TPSA) is 146 Å². The summed E-state index contributed by atoms with van der Waals surface area (Å²) in [6.45, 7) is 5.86. The van der Waals surface area contributed by atoms with E-state index in [0.717, 1.165) is 36.4 Å². The van der Waals surface area contributed by atoms with Crippen molar-refractivity contribution in [3.8, 4) is 0 Å². The maximum Gasteiger partial charge on any atom is 0.267 e. The van der Waals surface area contributed by atoms with Gasteiger partial charge in [-0.1, -0.05) is 47.4 Å². The molecule has 1 aliphatic heterocycles. The molecule has 3 aromatic rings. The van der Waals surface area contributed by atoms with E-state index in [0.29, 0.717) is 13.1 Å². The number of allylic oxidation sites excluding steroid dienone is 2. The summed E-state index contributed by atoms with van der Waals surface area (Å²) in [6, 6.07) is 15.8. The Morgan fingerprint density at radius 1 is 0.974 bits per heavy atom. The van der Waals surface area contributed by atoms with Crippen molar-refractivity contribution in [1.82, 2.24) is 0 Å². The number of aryl methyl sites for hydroxylation is 1. The number of para-hydroxylation sites is 2. The maximum atomic E-state index is 11.6. The Labute approximate surface area is 237 Å². The number of anilines is 1. The summed E-state index contributed by atoms with van der Waals surface area (Å²) < 4.78 is 68.2. The first-order valence-corrected chi connectivity index (χ1v) is 16.8. The van der Waals surface area contributed by atoms with Gasteiger partial charge in [-0.15, -0.1) is 0 Å². The maximum absolute atomic E-state index is 11.6. The molecule has 212 valence electrons. The first-order chi connectivity index (χ1) is 17.8. The molecule has 0 amide bonds. The van der Waals surface area contributed by atoms with E-state index in [2.05, 4.69) is 21.6 Å². The molecular weight excluding hydrogens is 581 g/mol. The first kappa shape index (κ1) is 31.3. The molecule has 3 N–H and O–H groups in total. The van der Waals surface area contributed by atoms with Gasteiger partial charge in [-0.2, -0.15) is 21.4 Å². The first-order valence-electron chi connectivity index (χ1n) is 12.1. The Kier molecular flexibility index (Phi) is 10.0. The van der Waals surface area contributed by atoms with Crippen LogP contribution in [0.2, 0.25) is 0 Å². The second-order valence-corrected chi connectivity index (χ2v) is 15.2. The van der Waals surface area contributed by atoms with Crippen LogP contribution in [0.15, 0.2) is 70.1 Å². The summed E-state index contributed by atoms with van der Waals surface area (Å²) in [5.74, 6) is 0. The highest BCUT2D eigenvalue weighted by atomic mass is 32.2. The lowest BCUT2D eigenvalue weighted by Crippen LogP contribution is -2.37. The minimum absolute atomic E-state index is 0. The third-order valence-electron chi connectivity index (χ3n) is 6.51. The van der Waals surface area contributed by atoms with Crippen LogP contribution >= 0.6 is 23.1 Å². The summed E-state index contributed by atoms with van der Waals surface area (Å²) in [5, 5.41) is 0.159. The second-order valence-electron chi connectivity index (χ2n) is 9.38. The fourth-order valence-electron chi connectivity index (χ4n) is 4.13. The van der Waals surface area contributed by atoms with Gasteiger partial charge >= 0.3 is 0 Å². The van der Waals surface area contributed by atoms with Crippen molar-refractivity contribution in [2.24, 2.45) is 0 Å². The molecule has 1 aliphatic rings. The van der Waals surface area contributed by atoms with E-state index in [-0.39, 0.29) is 18.3 Å². The molecule has 0 saturated carbocycles. The van der Waals surface area contributed by atoms with Crippen molar-refractivity contribution in [2.75, 3.05) is 11.4 Å². The van der Waals surface area contributed by atoms with Gasteiger partial charge in [0.25, 0.3) is 25.2 Å². The molecule has 0 fully saturated rings. The van der Waals surface area contributed by atoms with Crippen LogP contribution in [0.5, 0.6) is 0 Å². The van der Waals surface area contributed by atoms with Gasteiger partial charge in [0, 0.05) is 30.0 Å². The quantitative estimate of drug-likeness (QED) is 0.233. The minimum atomic E-state index is -4.11. The van der Waals surface area contributed by atoms with Crippen molar-refractivity contribution >= 4 is 65.3 Å². The summed E-state index contributed by atoms with van der Waals surface area (Å²) in [7, 11) is -8.22. The van der Waals surface area contributed by atoms with E-state index >= 15 is 0 Å². The zero-order valence-electron chi connectivity index (χ0n) is 21.8. The standard InChI is InChI=1S/C26H30N2O6S4.H2O/c1-18(16-25-27(14-12-19(2)37(29,30)31)21-8-4-6-10-23(21)35-25)17-26-28(15-13-20(3)38(32,33)34)22-9-5-7-11-24(22)36-26;/h4-11,16-17,19-20H,12-15H2,1-3H3,(H-,29,30,31,32,33,34);1H2. The largest absolute Gasteiger partial charge is 0.870 e. The molecule has 2 heterocycles. The fourth-order valence-corrected chi connectivity index (χ4v) is 7.34. The minimum Gasteiger partial charge on any atom is -0.870 e. The van der Waals surface area contributed by atoms with E-state index in [9.17, 15) is 25.9 Å². The van der Waals surface area contributed by atoms with Crippen LogP contribution in [0, 0.1) is 0 Å². The molecule has 2 atom stereocenters. The smallest absolute Gasteiger partial charge is 0.267 e. The highest BCUT2D eigenvalue weighted by Crippen LogP contribution is 2.46. The van der Waals surface area contributed by atoms with Crippen molar-refractivity contribution in [3.63, 3.8) is 0 Å². The SMILES string of the molecule is CC(=Cc1sc2ccccc2[n+]1CCC(C)S(=O)(=O)O)C=C1Sc2ccccc2N1CCC(C)S(=O)(=O)O.[OH-]. The number of fused-ring (bicyclic) bond motifs is 2. The third kappa shape index (κ3) is 7.48. The Morgan fingerprint density at radius 3 is 2.28 bits per heavy atom. The predicted octanol–water partition coefficient (Wildman–Crippen LogP) is 5.20. The van der Waals surface area contributed by atoms with E-state index in [1.54, 1.807) is 23.1 Å². The normalized spacial score (nSPS) is 16.8. The van der Waals surface area contributed by atoms with Crippen molar-refractivity contribution < 1.29 is 36.0 Å². The number of benzene rings is 2. The van der Waals surface area contributed by atoms with Gasteiger partial charge in [-0.05, 0) is 57.0 Å². The number of hydrogen-bond donors (Lipinski definition) is 2. The van der Waals surface area contributed by atoms with Gasteiger partial charge in [0.15, 0.2) is 6.54 Å². The van der Waals surface area contributed by atoms with Crippen LogP contribution in [0.3, 0.4) is 0 Å². The third-order valence-corrected chi connectivity index (χ3v) is 11.2. The fraction of sp³-hybridized carbons (Fsp3) is 0.346. The van der Waals surface area contributed by atoms with E-state index in [1.165, 1.54) is 13.8 Å². The summed E-state index contributed by atoms with van der Waals surface area (Å²) in [6.07, 6.45) is 4.66. The van der Waals surface area contributed by atoms with Gasteiger partial charge in [0.1, 0.15) is 4.70 Å². The van der Waals surface area contributed by atoms with E-state index in [1.807, 2.05) is 55.5 Å². The van der Waals surface area contributed by atoms with Crippen molar-refractivity contribution in [3.05, 3.63) is 70.2 Å². The van der Waals surface area contributed by atoms with Crippen molar-refractivity contribution in [2.45, 2.75) is 55.6 Å². The lowest BCUT2D eigenvalue weighted by molar-refractivity contribution is -0.669. The molecule has 13 heteroatoms. The average molecular weight is 613 g/mol. The van der Waals surface area contributed by atoms with Crippen LogP contribution in [0.4, 0.5) is 5.69 Å². The van der Waals surface area contributed by atoms with E-state index < -0.39 is 30.7 Å². The van der Waals surface area contributed by atoms with Gasteiger partial charge < -0.3 is 10.4 Å². The molecule has 9 nitrogen and oxygen atoms in total. The number of rotatable bonds is 10. The van der Waals surface area contributed by atoms with Gasteiger partial charge in [0.2, 0.25) is 5.52 Å². The molecule has 0 saturated heterocycles. The highest BCUT2D eigenvalue weighted by molar-refractivity contribution is 8.03. The molecular formula is C26H32N2O7S4. The molecule has 0 spiro atoms. The number of aromatic nitrogens is 1. The Hall–Kier alpha value is -2.26. The molecule has 0 bridgehead atoms. The molecule has 2 unspecified atom stereocenters. The monoisotopic (exact) mass is 612 g/mol. The average Bonchev–Trinajstić information content (AvgIpc) is 3.36. The predicted molar refractivity (Wildman–Crippen MR) is 157 cm³/mol. The number of hydrogen-bond acceptors (Lipinski definition) is 8. The number of nitrogens with zero attached hydrogens (tertiary/aromatic N) is 2. The van der Waals surface area contributed by atoms with Gasteiger partial charge in [0.05, 0.1) is 21.2 Å². The summed E-state index contributed by atoms with van der Waals surface area (Å²) in [4.78, 5) is 3.15. The second kappa shape index (κ2) is 12.5. The molecule has 39 heavy (non-hydrogen) atoms. The lowest BCUT2D eigenvalue weighted by Gasteiger charge is -2.22. The Bertz CT molecular complexity index is 1610. The van der Waals surface area contributed by atoms with Crippen LogP contribution in [0.25, 0.3) is 16.3 Å². The van der Waals surface area contributed by atoms with Crippen LogP contribution in [-0.2, 0) is 26.8 Å². The molecule has 0 radical (unpaired) electrons. The Balaban J connectivity index is 0.00000420. The van der Waals surface area contributed by atoms with Gasteiger partial charge in [-0.25, -0.2) is 0 Å². The Morgan fingerprint density at radius 2 is 1.59 bits per heavy atom. The summed E-state index contributed by atoms with van der Waals surface area (Å²) in [5.41, 5.74) is 2.96. The number of thioether (sulfide) groups is 1. The lowest BCUT2D eigenvalue weighted by atomic mass is 10.2. The van der Waals surface area contributed by atoms with Crippen LogP contribution in [0.1, 0.15) is 38.6 Å². The molecule has 4 rings (SSSR count). The zero-order valence-corrected chi connectivity index (χ0v) is 25.0. The number of thiazole rings is 1. The van der Waals surface area contributed by atoms with Crippen LogP contribution < -0.4 is 9.47 Å². The van der Waals surface area contributed by atoms with Crippen LogP contribution in [-0.4, -0.2) is 48.5 Å². The molecule has 1 aromatic heterocycles. The zero-order chi connectivity index (χ0) is 27.7. The molecule has 2 aromatic carbocycles. The van der Waals surface area contributed by atoms with Crippen molar-refractivity contribution in [1.29, 1.82) is 0 Å². The van der Waals surface area contributed by atoms with E-state index in [4.69, 9.17) is 0 Å². The van der Waals surface area contributed by atoms with Gasteiger partial charge in [-0.3, -0.25) is 9.11 Å². The summed E-state index contributed by atoms with van der Waals surface area (Å²) >= 11 is 3.21.